The Bertz CT molecular complexity index is 375. The molecule has 4 N–H and O–H groups in total. The van der Waals surface area contributed by atoms with Crippen molar-refractivity contribution in [3.63, 3.8) is 0 Å². The Morgan fingerprint density at radius 2 is 2.19 bits per heavy atom. The third-order valence-corrected chi connectivity index (χ3v) is 2.26. The molecular formula is C12H18N2O2. The number of carbonyl (C=O) groups excluding carboxylic acids is 1. The van der Waals surface area contributed by atoms with Gasteiger partial charge in [-0.25, -0.2) is 0 Å². The predicted molar refractivity (Wildman–Crippen MR) is 63.1 cm³/mol. The highest BCUT2D eigenvalue weighted by molar-refractivity contribution is 5.73. The van der Waals surface area contributed by atoms with Gasteiger partial charge in [-0.3, -0.25) is 4.79 Å². The Morgan fingerprint density at radius 3 is 2.75 bits per heavy atom. The Labute approximate surface area is 95.6 Å². The van der Waals surface area contributed by atoms with Crippen LogP contribution in [0, 0.1) is 6.92 Å². The van der Waals surface area contributed by atoms with Crippen LogP contribution in [0.2, 0.25) is 0 Å². The van der Waals surface area contributed by atoms with Gasteiger partial charge in [0.1, 0.15) is 5.75 Å². The highest BCUT2D eigenvalue weighted by Crippen LogP contribution is 2.24. The summed E-state index contributed by atoms with van der Waals surface area (Å²) in [5.41, 5.74) is 13.0. The molecular weight excluding hydrogens is 204 g/mol. The summed E-state index contributed by atoms with van der Waals surface area (Å²) in [6, 6.07) is 5.72. The first-order valence-corrected chi connectivity index (χ1v) is 5.28. The van der Waals surface area contributed by atoms with E-state index >= 15 is 0 Å². The van der Waals surface area contributed by atoms with Gasteiger partial charge in [-0.2, -0.15) is 0 Å². The second-order valence-corrected chi connectivity index (χ2v) is 3.89. The molecule has 0 aliphatic heterocycles. The van der Waals surface area contributed by atoms with Crippen LogP contribution in [0.15, 0.2) is 18.2 Å². The lowest BCUT2D eigenvalue weighted by Gasteiger charge is -2.14. The second-order valence-electron chi connectivity index (χ2n) is 3.89. The first-order chi connectivity index (χ1) is 7.50. The molecule has 1 rings (SSSR count). The SMILES string of the molecule is Cc1ccc(OCCC(N)=O)c([C@H](C)N)c1. The number of amides is 1. The molecule has 0 saturated heterocycles. The van der Waals surface area contributed by atoms with Crippen LogP contribution in [0.5, 0.6) is 5.75 Å². The van der Waals surface area contributed by atoms with E-state index in [4.69, 9.17) is 16.2 Å². The summed E-state index contributed by atoms with van der Waals surface area (Å²) >= 11 is 0. The summed E-state index contributed by atoms with van der Waals surface area (Å²) in [6.45, 7) is 4.19. The number of ether oxygens (including phenoxy) is 1. The standard InChI is InChI=1S/C12H18N2O2/c1-8-3-4-11(10(7-8)9(2)13)16-6-5-12(14)15/h3-4,7,9H,5-6,13H2,1-2H3,(H2,14,15)/t9-/m0/s1. The number of aryl methyl sites for hydroxylation is 1. The predicted octanol–water partition coefficient (Wildman–Crippen LogP) is 1.27. The summed E-state index contributed by atoms with van der Waals surface area (Å²) in [5, 5.41) is 0. The zero-order chi connectivity index (χ0) is 12.1. The fourth-order valence-corrected chi connectivity index (χ4v) is 1.42. The van der Waals surface area contributed by atoms with Crippen LogP contribution in [0.3, 0.4) is 0 Å². The molecule has 4 nitrogen and oxygen atoms in total. The van der Waals surface area contributed by atoms with E-state index in [2.05, 4.69) is 0 Å². The highest BCUT2D eigenvalue weighted by atomic mass is 16.5. The summed E-state index contributed by atoms with van der Waals surface area (Å²) in [7, 11) is 0. The highest BCUT2D eigenvalue weighted by Gasteiger charge is 2.08. The van der Waals surface area contributed by atoms with Crippen molar-refractivity contribution < 1.29 is 9.53 Å². The maximum atomic E-state index is 10.6. The quantitative estimate of drug-likeness (QED) is 0.787. The molecule has 4 heteroatoms. The Morgan fingerprint density at radius 1 is 1.50 bits per heavy atom. The van der Waals surface area contributed by atoms with Gasteiger partial charge in [0.15, 0.2) is 0 Å². The van der Waals surface area contributed by atoms with Gasteiger partial charge in [0, 0.05) is 11.6 Å². The summed E-state index contributed by atoms with van der Waals surface area (Å²) in [5.74, 6) is 0.358. The normalized spacial score (nSPS) is 12.2. The fraction of sp³-hybridized carbons (Fsp3) is 0.417. The molecule has 1 amide bonds. The maximum Gasteiger partial charge on any atom is 0.220 e. The van der Waals surface area contributed by atoms with Crippen LogP contribution in [0.4, 0.5) is 0 Å². The number of rotatable bonds is 5. The van der Waals surface area contributed by atoms with Crippen molar-refractivity contribution in [3.8, 4) is 5.75 Å². The largest absolute Gasteiger partial charge is 0.493 e. The molecule has 0 unspecified atom stereocenters. The molecule has 0 spiro atoms. The van der Waals surface area contributed by atoms with E-state index in [1.165, 1.54) is 0 Å². The van der Waals surface area contributed by atoms with E-state index < -0.39 is 0 Å². The van der Waals surface area contributed by atoms with Gasteiger partial charge in [0.2, 0.25) is 5.91 Å². The van der Waals surface area contributed by atoms with Crippen LogP contribution in [-0.4, -0.2) is 12.5 Å². The van der Waals surface area contributed by atoms with Crippen LogP contribution >= 0.6 is 0 Å². The van der Waals surface area contributed by atoms with E-state index in [9.17, 15) is 4.79 Å². The number of benzene rings is 1. The van der Waals surface area contributed by atoms with Crippen molar-refractivity contribution in [2.45, 2.75) is 26.3 Å². The second kappa shape index (κ2) is 5.51. The van der Waals surface area contributed by atoms with Gasteiger partial charge in [0.25, 0.3) is 0 Å². The summed E-state index contributed by atoms with van der Waals surface area (Å²) < 4.78 is 5.48. The molecule has 0 fully saturated rings. The molecule has 0 aliphatic carbocycles. The molecule has 1 atom stereocenters. The third-order valence-electron chi connectivity index (χ3n) is 2.26. The van der Waals surface area contributed by atoms with Gasteiger partial charge in [-0.1, -0.05) is 17.7 Å². The first-order valence-electron chi connectivity index (χ1n) is 5.28. The molecule has 0 bridgehead atoms. The summed E-state index contributed by atoms with van der Waals surface area (Å²) in [6.07, 6.45) is 0.215. The van der Waals surface area contributed by atoms with E-state index in [1.807, 2.05) is 32.0 Å². The van der Waals surface area contributed by atoms with Crippen molar-refractivity contribution in [1.29, 1.82) is 0 Å². The molecule has 0 aliphatic rings. The molecule has 0 saturated carbocycles. The topological polar surface area (TPSA) is 78.3 Å². The zero-order valence-corrected chi connectivity index (χ0v) is 9.69. The Kier molecular flexibility index (Phi) is 4.31. The Balaban J connectivity index is 2.74. The van der Waals surface area contributed by atoms with Crippen molar-refractivity contribution in [3.05, 3.63) is 29.3 Å². The van der Waals surface area contributed by atoms with Crippen molar-refractivity contribution >= 4 is 5.91 Å². The average molecular weight is 222 g/mol. The number of hydrogen-bond donors (Lipinski definition) is 2. The lowest BCUT2D eigenvalue weighted by molar-refractivity contribution is -0.118. The van der Waals surface area contributed by atoms with Crippen LogP contribution in [0.1, 0.15) is 30.5 Å². The van der Waals surface area contributed by atoms with Crippen LogP contribution in [-0.2, 0) is 4.79 Å². The van der Waals surface area contributed by atoms with Crippen molar-refractivity contribution in [2.75, 3.05) is 6.61 Å². The van der Waals surface area contributed by atoms with Crippen molar-refractivity contribution in [2.24, 2.45) is 11.5 Å². The van der Waals surface area contributed by atoms with Crippen LogP contribution < -0.4 is 16.2 Å². The zero-order valence-electron chi connectivity index (χ0n) is 9.69. The smallest absolute Gasteiger partial charge is 0.220 e. The van der Waals surface area contributed by atoms with Gasteiger partial charge >= 0.3 is 0 Å². The number of nitrogens with two attached hydrogens (primary N) is 2. The molecule has 0 aromatic heterocycles. The molecule has 0 radical (unpaired) electrons. The summed E-state index contributed by atoms with van der Waals surface area (Å²) in [4.78, 5) is 10.6. The fourth-order valence-electron chi connectivity index (χ4n) is 1.42. The molecule has 88 valence electrons. The van der Waals surface area contributed by atoms with Crippen molar-refractivity contribution in [1.82, 2.24) is 0 Å². The minimum atomic E-state index is -0.366. The Hall–Kier alpha value is -1.55. The van der Waals surface area contributed by atoms with Gasteiger partial charge in [-0.05, 0) is 19.9 Å². The van der Waals surface area contributed by atoms with E-state index in [-0.39, 0.29) is 25.0 Å². The maximum absolute atomic E-state index is 10.6. The minimum Gasteiger partial charge on any atom is -0.493 e. The average Bonchev–Trinajstić information content (AvgIpc) is 2.19. The number of hydrogen-bond acceptors (Lipinski definition) is 3. The van der Waals surface area contributed by atoms with Gasteiger partial charge in [-0.15, -0.1) is 0 Å². The molecule has 1 aromatic carbocycles. The molecule has 1 aromatic rings. The van der Waals surface area contributed by atoms with E-state index in [0.717, 1.165) is 16.9 Å². The monoisotopic (exact) mass is 222 g/mol. The first kappa shape index (κ1) is 12.5. The third kappa shape index (κ3) is 3.55. The molecule has 0 heterocycles. The van der Waals surface area contributed by atoms with E-state index in [0.29, 0.717) is 0 Å². The van der Waals surface area contributed by atoms with Gasteiger partial charge in [0.05, 0.1) is 13.0 Å². The van der Waals surface area contributed by atoms with Crippen LogP contribution in [0.25, 0.3) is 0 Å². The number of primary amides is 1. The number of carbonyl (C=O) groups is 1. The molecule has 16 heavy (non-hydrogen) atoms. The lowest BCUT2D eigenvalue weighted by atomic mass is 10.1. The van der Waals surface area contributed by atoms with E-state index in [1.54, 1.807) is 0 Å². The minimum absolute atomic E-state index is 0.0940. The lowest BCUT2D eigenvalue weighted by Crippen LogP contribution is -2.15. The van der Waals surface area contributed by atoms with Gasteiger partial charge < -0.3 is 16.2 Å².